The van der Waals surface area contributed by atoms with E-state index in [-0.39, 0.29) is 5.78 Å². The zero-order valence-electron chi connectivity index (χ0n) is 15.7. The van der Waals surface area contributed by atoms with Gasteiger partial charge in [-0.15, -0.1) is 0 Å². The van der Waals surface area contributed by atoms with Gasteiger partial charge in [-0.05, 0) is 17.7 Å². The molecule has 2 heterocycles. The van der Waals surface area contributed by atoms with Gasteiger partial charge in [0, 0.05) is 40.6 Å². The number of hydrogen-bond acceptors (Lipinski definition) is 4. The number of benzene rings is 2. The molecule has 0 saturated heterocycles. The van der Waals surface area contributed by atoms with Gasteiger partial charge in [0.15, 0.2) is 11.5 Å². The summed E-state index contributed by atoms with van der Waals surface area (Å²) in [4.78, 5) is 24.2. The van der Waals surface area contributed by atoms with E-state index in [1.165, 1.54) is 0 Å². The van der Waals surface area contributed by atoms with Crippen LogP contribution in [0.5, 0.6) is 5.88 Å². The minimum atomic E-state index is -0.595. The van der Waals surface area contributed by atoms with Crippen molar-refractivity contribution in [1.82, 2.24) is 9.97 Å². The quantitative estimate of drug-likeness (QED) is 0.357. The number of carbonyl (C=O) groups is 1. The van der Waals surface area contributed by atoms with Gasteiger partial charge in [0.25, 0.3) is 0 Å². The van der Waals surface area contributed by atoms with Gasteiger partial charge in [-0.1, -0.05) is 42.5 Å². The summed E-state index contributed by atoms with van der Waals surface area (Å²) in [6.07, 6.45) is 3.33. The molecule has 4 aromatic rings. The molecule has 2 aromatic heterocycles. The fraction of sp³-hybridized carbons (Fsp3) is 0.0870. The number of H-pyrrole nitrogens is 1. The van der Waals surface area contributed by atoms with Crippen LogP contribution in [0.2, 0.25) is 0 Å². The molecule has 4 rings (SSSR count). The standard InChI is InChI=1S/C23H18N4O2/c1-24-16-8-9-18-19(14-26-20(18)12-16)23(28)22(15-6-4-3-5-7-15)27-17-10-11-25-21(13-17)29-2/h3-14,22,26H,2H3,(H,25,27). The summed E-state index contributed by atoms with van der Waals surface area (Å²) in [5.41, 5.74) is 3.44. The molecule has 0 aliphatic carbocycles. The van der Waals surface area contributed by atoms with Crippen molar-refractivity contribution in [2.75, 3.05) is 12.4 Å². The van der Waals surface area contributed by atoms with Gasteiger partial charge in [-0.3, -0.25) is 4.79 Å². The lowest BCUT2D eigenvalue weighted by Crippen LogP contribution is -2.21. The molecule has 0 spiro atoms. The van der Waals surface area contributed by atoms with Crippen molar-refractivity contribution < 1.29 is 9.53 Å². The predicted molar refractivity (Wildman–Crippen MR) is 112 cm³/mol. The molecule has 2 N–H and O–H groups in total. The molecule has 142 valence electrons. The summed E-state index contributed by atoms with van der Waals surface area (Å²) in [7, 11) is 1.55. The zero-order valence-corrected chi connectivity index (χ0v) is 15.7. The molecule has 1 atom stereocenters. The molecule has 1 unspecified atom stereocenters. The van der Waals surface area contributed by atoms with Gasteiger partial charge in [-0.2, -0.15) is 0 Å². The summed E-state index contributed by atoms with van der Waals surface area (Å²) in [5, 5.41) is 4.10. The fourth-order valence-electron chi connectivity index (χ4n) is 3.27. The van der Waals surface area contributed by atoms with Crippen LogP contribution in [0.4, 0.5) is 11.4 Å². The van der Waals surface area contributed by atoms with Crippen LogP contribution < -0.4 is 10.1 Å². The SMILES string of the molecule is [C-]#[N+]c1ccc2c(C(=O)C(Nc3ccnc(OC)c3)c3ccccc3)c[nH]c2c1. The first-order valence-electron chi connectivity index (χ1n) is 9.04. The number of ether oxygens (including phenoxy) is 1. The highest BCUT2D eigenvalue weighted by Gasteiger charge is 2.24. The molecule has 6 heteroatoms. The molecular formula is C23H18N4O2. The van der Waals surface area contributed by atoms with Crippen molar-refractivity contribution in [3.8, 4) is 5.88 Å². The van der Waals surface area contributed by atoms with Gasteiger partial charge in [-0.25, -0.2) is 9.83 Å². The number of nitrogens with one attached hydrogen (secondary N) is 2. The Morgan fingerprint density at radius 3 is 2.76 bits per heavy atom. The first-order valence-corrected chi connectivity index (χ1v) is 9.04. The van der Waals surface area contributed by atoms with Crippen LogP contribution >= 0.6 is 0 Å². The molecular weight excluding hydrogens is 364 g/mol. The van der Waals surface area contributed by atoms with E-state index in [1.807, 2.05) is 36.4 Å². The summed E-state index contributed by atoms with van der Waals surface area (Å²) < 4.78 is 5.19. The Balaban J connectivity index is 1.75. The third-order valence-electron chi connectivity index (χ3n) is 4.71. The second kappa shape index (κ2) is 7.87. The monoisotopic (exact) mass is 382 g/mol. The highest BCUT2D eigenvalue weighted by molar-refractivity contribution is 6.11. The average molecular weight is 382 g/mol. The van der Waals surface area contributed by atoms with Crippen LogP contribution in [0.3, 0.4) is 0 Å². The lowest BCUT2D eigenvalue weighted by atomic mass is 9.96. The Kier molecular flexibility index (Phi) is 4.95. The van der Waals surface area contributed by atoms with Crippen molar-refractivity contribution in [3.63, 3.8) is 0 Å². The molecule has 29 heavy (non-hydrogen) atoms. The molecule has 0 fully saturated rings. The van der Waals surface area contributed by atoms with E-state index in [2.05, 4.69) is 20.1 Å². The number of carbonyl (C=O) groups excluding carboxylic acids is 1. The normalized spacial score (nSPS) is 11.6. The number of anilines is 1. The van der Waals surface area contributed by atoms with E-state index in [4.69, 9.17) is 11.3 Å². The lowest BCUT2D eigenvalue weighted by molar-refractivity contribution is 0.0971. The number of ketones is 1. The second-order valence-electron chi connectivity index (χ2n) is 6.48. The molecule has 6 nitrogen and oxygen atoms in total. The van der Waals surface area contributed by atoms with E-state index in [9.17, 15) is 4.79 Å². The highest BCUT2D eigenvalue weighted by Crippen LogP contribution is 2.30. The van der Waals surface area contributed by atoms with E-state index in [0.717, 1.165) is 22.2 Å². The smallest absolute Gasteiger partial charge is 0.214 e. The first-order chi connectivity index (χ1) is 14.2. The minimum absolute atomic E-state index is 0.0752. The maximum Gasteiger partial charge on any atom is 0.214 e. The third kappa shape index (κ3) is 3.66. The summed E-state index contributed by atoms with van der Waals surface area (Å²) in [5.74, 6) is 0.391. The lowest BCUT2D eigenvalue weighted by Gasteiger charge is -2.19. The van der Waals surface area contributed by atoms with Crippen LogP contribution in [-0.2, 0) is 0 Å². The summed E-state index contributed by atoms with van der Waals surface area (Å²) >= 11 is 0. The van der Waals surface area contributed by atoms with Gasteiger partial charge >= 0.3 is 0 Å². The predicted octanol–water partition coefficient (Wildman–Crippen LogP) is 5.16. The number of Topliss-reactive ketones (excluding diaryl/α,β-unsaturated/α-hetero) is 1. The van der Waals surface area contributed by atoms with Crippen molar-refractivity contribution in [2.45, 2.75) is 6.04 Å². The number of hydrogen-bond donors (Lipinski definition) is 2. The van der Waals surface area contributed by atoms with Crippen molar-refractivity contribution in [2.24, 2.45) is 0 Å². The number of pyridine rings is 1. The van der Waals surface area contributed by atoms with Crippen LogP contribution in [0.1, 0.15) is 22.0 Å². The maximum atomic E-state index is 13.5. The molecule has 0 radical (unpaired) electrons. The largest absolute Gasteiger partial charge is 0.481 e. The fourth-order valence-corrected chi connectivity index (χ4v) is 3.27. The topological polar surface area (TPSA) is 71.4 Å². The number of fused-ring (bicyclic) bond motifs is 1. The molecule has 0 saturated carbocycles. The van der Waals surface area contributed by atoms with Crippen molar-refractivity contribution in [3.05, 3.63) is 95.6 Å². The number of nitrogens with zero attached hydrogens (tertiary/aromatic N) is 2. The van der Waals surface area contributed by atoms with E-state index in [0.29, 0.717) is 17.1 Å². The molecule has 0 aliphatic heterocycles. The van der Waals surface area contributed by atoms with E-state index < -0.39 is 6.04 Å². The Morgan fingerprint density at radius 2 is 2.00 bits per heavy atom. The first kappa shape index (κ1) is 18.3. The van der Waals surface area contributed by atoms with Crippen molar-refractivity contribution >= 4 is 28.1 Å². The van der Waals surface area contributed by atoms with Gasteiger partial charge < -0.3 is 15.0 Å². The Labute approximate surface area is 168 Å². The Morgan fingerprint density at radius 1 is 1.17 bits per heavy atom. The second-order valence-corrected chi connectivity index (χ2v) is 6.48. The number of aromatic amines is 1. The maximum absolute atomic E-state index is 13.5. The number of aromatic nitrogens is 2. The van der Waals surface area contributed by atoms with Crippen LogP contribution in [0, 0.1) is 6.57 Å². The van der Waals surface area contributed by atoms with E-state index >= 15 is 0 Å². The summed E-state index contributed by atoms with van der Waals surface area (Å²) in [6.45, 7) is 7.17. The molecule has 2 aromatic carbocycles. The third-order valence-corrected chi connectivity index (χ3v) is 4.71. The van der Waals surface area contributed by atoms with Crippen LogP contribution in [0.25, 0.3) is 15.7 Å². The summed E-state index contributed by atoms with van der Waals surface area (Å²) in [6, 6.07) is 17.8. The van der Waals surface area contributed by atoms with E-state index in [1.54, 1.807) is 43.8 Å². The average Bonchev–Trinajstić information content (AvgIpc) is 3.21. The molecule has 0 aliphatic rings. The minimum Gasteiger partial charge on any atom is -0.481 e. The van der Waals surface area contributed by atoms with Crippen LogP contribution in [-0.4, -0.2) is 22.9 Å². The van der Waals surface area contributed by atoms with Crippen LogP contribution in [0.15, 0.2) is 73.1 Å². The van der Waals surface area contributed by atoms with Gasteiger partial charge in [0.1, 0.15) is 6.04 Å². The van der Waals surface area contributed by atoms with Gasteiger partial charge in [0.05, 0.1) is 13.7 Å². The highest BCUT2D eigenvalue weighted by atomic mass is 16.5. The number of rotatable bonds is 6. The Hall–Kier alpha value is -4.11. The van der Waals surface area contributed by atoms with Crippen molar-refractivity contribution in [1.29, 1.82) is 0 Å². The molecule has 0 amide bonds. The zero-order chi connectivity index (χ0) is 20.2. The number of methoxy groups -OCH3 is 1. The van der Waals surface area contributed by atoms with Gasteiger partial charge in [0.2, 0.25) is 5.88 Å². The Bertz CT molecular complexity index is 1210. The molecule has 0 bridgehead atoms.